The van der Waals surface area contributed by atoms with E-state index < -0.39 is 0 Å². The Morgan fingerprint density at radius 2 is 2.08 bits per heavy atom. The summed E-state index contributed by atoms with van der Waals surface area (Å²) in [4.78, 5) is 11.1. The summed E-state index contributed by atoms with van der Waals surface area (Å²) in [5.41, 5.74) is 0. The maximum Gasteiger partial charge on any atom is 0.222 e. The SMILES string of the molecule is CC1COCCOCCC(=O)N1. The number of hydrogen-bond acceptors (Lipinski definition) is 3. The summed E-state index contributed by atoms with van der Waals surface area (Å²) < 4.78 is 10.4. The third-order valence-electron chi connectivity index (χ3n) is 1.62. The zero-order valence-corrected chi connectivity index (χ0v) is 7.34. The second-order valence-electron chi connectivity index (χ2n) is 2.91. The van der Waals surface area contributed by atoms with Crippen LogP contribution in [0.15, 0.2) is 0 Å². The summed E-state index contributed by atoms with van der Waals surface area (Å²) >= 11 is 0. The van der Waals surface area contributed by atoms with Crippen LogP contribution in [-0.4, -0.2) is 38.4 Å². The highest BCUT2D eigenvalue weighted by atomic mass is 16.5. The van der Waals surface area contributed by atoms with Crippen molar-refractivity contribution in [1.82, 2.24) is 5.32 Å². The van der Waals surface area contributed by atoms with Gasteiger partial charge in [0.25, 0.3) is 0 Å². The van der Waals surface area contributed by atoms with Gasteiger partial charge in [-0.2, -0.15) is 0 Å². The van der Waals surface area contributed by atoms with E-state index in [1.165, 1.54) is 0 Å². The lowest BCUT2D eigenvalue weighted by molar-refractivity contribution is -0.124. The van der Waals surface area contributed by atoms with E-state index in [0.717, 1.165) is 0 Å². The zero-order valence-electron chi connectivity index (χ0n) is 7.34. The van der Waals surface area contributed by atoms with E-state index in [4.69, 9.17) is 9.47 Å². The molecule has 0 radical (unpaired) electrons. The van der Waals surface area contributed by atoms with Crippen LogP contribution in [-0.2, 0) is 14.3 Å². The molecule has 12 heavy (non-hydrogen) atoms. The minimum absolute atomic E-state index is 0.0352. The molecule has 1 unspecified atom stereocenters. The number of nitrogens with one attached hydrogen (secondary N) is 1. The fourth-order valence-electron chi connectivity index (χ4n) is 1.03. The van der Waals surface area contributed by atoms with Gasteiger partial charge in [-0.3, -0.25) is 4.79 Å². The Labute approximate surface area is 72.2 Å². The minimum Gasteiger partial charge on any atom is -0.379 e. The van der Waals surface area contributed by atoms with E-state index >= 15 is 0 Å². The molecule has 4 nitrogen and oxygen atoms in total. The first-order valence-electron chi connectivity index (χ1n) is 4.24. The van der Waals surface area contributed by atoms with E-state index in [-0.39, 0.29) is 11.9 Å². The Balaban J connectivity index is 2.29. The van der Waals surface area contributed by atoms with Crippen molar-refractivity contribution in [2.45, 2.75) is 19.4 Å². The van der Waals surface area contributed by atoms with Crippen molar-refractivity contribution in [1.29, 1.82) is 0 Å². The molecule has 0 spiro atoms. The van der Waals surface area contributed by atoms with E-state index in [2.05, 4.69) is 5.32 Å². The van der Waals surface area contributed by atoms with Gasteiger partial charge < -0.3 is 14.8 Å². The van der Waals surface area contributed by atoms with Crippen molar-refractivity contribution in [3.8, 4) is 0 Å². The fraction of sp³-hybridized carbons (Fsp3) is 0.875. The van der Waals surface area contributed by atoms with Gasteiger partial charge in [0.15, 0.2) is 0 Å². The number of hydrogen-bond donors (Lipinski definition) is 1. The quantitative estimate of drug-likeness (QED) is 0.557. The molecule has 1 saturated heterocycles. The number of carbonyl (C=O) groups excluding carboxylic acids is 1. The number of carbonyl (C=O) groups is 1. The van der Waals surface area contributed by atoms with Gasteiger partial charge in [-0.15, -0.1) is 0 Å². The normalized spacial score (nSPS) is 27.8. The molecule has 0 aromatic rings. The van der Waals surface area contributed by atoms with Gasteiger partial charge in [0.1, 0.15) is 0 Å². The predicted octanol–water partition coefficient (Wildman–Crippen LogP) is -0.0720. The average molecular weight is 173 g/mol. The molecule has 4 heteroatoms. The lowest BCUT2D eigenvalue weighted by atomic mass is 10.3. The second kappa shape index (κ2) is 5.11. The molecule has 70 valence electrons. The highest BCUT2D eigenvalue weighted by Gasteiger charge is 2.08. The van der Waals surface area contributed by atoms with Crippen molar-refractivity contribution < 1.29 is 14.3 Å². The highest BCUT2D eigenvalue weighted by Crippen LogP contribution is 1.91. The molecule has 1 N–H and O–H groups in total. The van der Waals surface area contributed by atoms with E-state index in [0.29, 0.717) is 32.8 Å². The van der Waals surface area contributed by atoms with Crippen LogP contribution in [0, 0.1) is 0 Å². The summed E-state index contributed by atoms with van der Waals surface area (Å²) in [5, 5.41) is 2.81. The van der Waals surface area contributed by atoms with E-state index in [1.807, 2.05) is 6.92 Å². The topological polar surface area (TPSA) is 47.6 Å². The first-order valence-corrected chi connectivity index (χ1v) is 4.24. The van der Waals surface area contributed by atoms with Crippen LogP contribution in [0.25, 0.3) is 0 Å². The van der Waals surface area contributed by atoms with E-state index in [9.17, 15) is 4.79 Å². The zero-order chi connectivity index (χ0) is 8.81. The Hall–Kier alpha value is -0.610. The maximum atomic E-state index is 11.1. The Kier molecular flexibility index (Phi) is 4.04. The smallest absolute Gasteiger partial charge is 0.222 e. The molecule has 1 heterocycles. The Morgan fingerprint density at radius 3 is 2.92 bits per heavy atom. The molecular weight excluding hydrogens is 158 g/mol. The van der Waals surface area contributed by atoms with Crippen molar-refractivity contribution in [2.24, 2.45) is 0 Å². The van der Waals surface area contributed by atoms with Gasteiger partial charge in [0, 0.05) is 12.5 Å². The number of ether oxygens (including phenoxy) is 2. The molecule has 1 atom stereocenters. The van der Waals surface area contributed by atoms with Crippen LogP contribution < -0.4 is 5.32 Å². The molecule has 0 aromatic heterocycles. The number of amides is 1. The second-order valence-corrected chi connectivity index (χ2v) is 2.91. The van der Waals surface area contributed by atoms with Crippen LogP contribution in [0.3, 0.4) is 0 Å². The average Bonchev–Trinajstić information content (AvgIpc) is 2.02. The van der Waals surface area contributed by atoms with Crippen molar-refractivity contribution >= 4 is 5.91 Å². The molecule has 1 fully saturated rings. The Morgan fingerprint density at radius 1 is 1.33 bits per heavy atom. The Bertz CT molecular complexity index is 149. The molecule has 0 bridgehead atoms. The van der Waals surface area contributed by atoms with Gasteiger partial charge in [-0.05, 0) is 6.92 Å². The lowest BCUT2D eigenvalue weighted by Gasteiger charge is -2.16. The van der Waals surface area contributed by atoms with Crippen LogP contribution in [0.4, 0.5) is 0 Å². The van der Waals surface area contributed by atoms with Gasteiger partial charge in [-0.25, -0.2) is 0 Å². The van der Waals surface area contributed by atoms with Crippen molar-refractivity contribution in [2.75, 3.05) is 26.4 Å². The molecule has 1 aliphatic rings. The molecule has 1 rings (SSSR count). The minimum atomic E-state index is 0.0352. The molecule has 0 aromatic carbocycles. The van der Waals surface area contributed by atoms with Crippen LogP contribution in [0.5, 0.6) is 0 Å². The summed E-state index contributed by atoms with van der Waals surface area (Å²) in [6.07, 6.45) is 0.449. The molecule has 1 amide bonds. The third-order valence-corrected chi connectivity index (χ3v) is 1.62. The van der Waals surface area contributed by atoms with Crippen molar-refractivity contribution in [3.05, 3.63) is 0 Å². The summed E-state index contributed by atoms with van der Waals surface area (Å²) in [5.74, 6) is 0.0352. The van der Waals surface area contributed by atoms with E-state index in [1.54, 1.807) is 0 Å². The van der Waals surface area contributed by atoms with Crippen molar-refractivity contribution in [3.63, 3.8) is 0 Å². The first kappa shape index (κ1) is 9.48. The fourth-order valence-corrected chi connectivity index (χ4v) is 1.03. The van der Waals surface area contributed by atoms with Crippen LogP contribution >= 0.6 is 0 Å². The van der Waals surface area contributed by atoms with Crippen LogP contribution in [0.2, 0.25) is 0 Å². The van der Waals surface area contributed by atoms with Gasteiger partial charge in [0.2, 0.25) is 5.91 Å². The largest absolute Gasteiger partial charge is 0.379 e. The third kappa shape index (κ3) is 3.69. The first-order chi connectivity index (χ1) is 5.79. The van der Waals surface area contributed by atoms with Crippen LogP contribution in [0.1, 0.15) is 13.3 Å². The summed E-state index contributed by atoms with van der Waals surface area (Å²) in [6.45, 7) is 4.18. The summed E-state index contributed by atoms with van der Waals surface area (Å²) in [7, 11) is 0. The maximum absolute atomic E-state index is 11.1. The molecule has 0 saturated carbocycles. The van der Waals surface area contributed by atoms with Gasteiger partial charge in [0.05, 0.1) is 26.4 Å². The van der Waals surface area contributed by atoms with Gasteiger partial charge >= 0.3 is 0 Å². The number of rotatable bonds is 0. The standard InChI is InChI=1S/C8H15NO3/c1-7-6-12-5-4-11-3-2-8(10)9-7/h7H,2-6H2,1H3,(H,9,10). The molecule has 0 aliphatic carbocycles. The molecular formula is C8H15NO3. The predicted molar refractivity (Wildman–Crippen MR) is 43.9 cm³/mol. The molecule has 1 aliphatic heterocycles. The monoisotopic (exact) mass is 173 g/mol. The highest BCUT2D eigenvalue weighted by molar-refractivity contribution is 5.76. The lowest BCUT2D eigenvalue weighted by Crippen LogP contribution is -2.37. The van der Waals surface area contributed by atoms with Gasteiger partial charge in [-0.1, -0.05) is 0 Å². The summed E-state index contributed by atoms with van der Waals surface area (Å²) in [6, 6.07) is 0.107.